The molecule has 1 aliphatic carbocycles. The second-order valence-corrected chi connectivity index (χ2v) is 5.50. The van der Waals surface area contributed by atoms with Gasteiger partial charge in [0.05, 0.1) is 11.2 Å². The van der Waals surface area contributed by atoms with Crippen molar-refractivity contribution >= 4 is 0 Å². The van der Waals surface area contributed by atoms with E-state index < -0.39 is 0 Å². The summed E-state index contributed by atoms with van der Waals surface area (Å²) in [6.07, 6.45) is 3.81. The van der Waals surface area contributed by atoms with Crippen LogP contribution in [0.3, 0.4) is 0 Å². The van der Waals surface area contributed by atoms with Crippen LogP contribution in [0.1, 0.15) is 40.0 Å². The minimum Gasteiger partial charge on any atom is -0.366 e. The lowest BCUT2D eigenvalue weighted by Crippen LogP contribution is -2.57. The van der Waals surface area contributed by atoms with Crippen LogP contribution in [0.15, 0.2) is 0 Å². The molecule has 0 aromatic heterocycles. The van der Waals surface area contributed by atoms with Gasteiger partial charge in [0.25, 0.3) is 0 Å². The smallest absolute Gasteiger partial charge is 0.0816 e. The standard InChI is InChI=1S/C11H21NO/c1-9-4-5-11(6-9)8-12-7-10(2,3)13-11/h9,12H,4-8H2,1-3H3. The Hall–Kier alpha value is -0.0800. The maximum atomic E-state index is 6.23. The van der Waals surface area contributed by atoms with Gasteiger partial charge in [-0.25, -0.2) is 0 Å². The van der Waals surface area contributed by atoms with Gasteiger partial charge >= 0.3 is 0 Å². The molecule has 1 N–H and O–H groups in total. The van der Waals surface area contributed by atoms with Gasteiger partial charge in [-0.2, -0.15) is 0 Å². The Balaban J connectivity index is 2.07. The summed E-state index contributed by atoms with van der Waals surface area (Å²) >= 11 is 0. The third-order valence-electron chi connectivity index (χ3n) is 3.30. The molecule has 0 amide bonds. The summed E-state index contributed by atoms with van der Waals surface area (Å²) in [5.74, 6) is 0.843. The second kappa shape index (κ2) is 2.96. The summed E-state index contributed by atoms with van der Waals surface area (Å²) in [5, 5.41) is 3.50. The van der Waals surface area contributed by atoms with Crippen LogP contribution in [0.4, 0.5) is 0 Å². The molecule has 0 aromatic rings. The third-order valence-corrected chi connectivity index (χ3v) is 3.30. The van der Waals surface area contributed by atoms with E-state index in [0.717, 1.165) is 19.0 Å². The van der Waals surface area contributed by atoms with Crippen LogP contribution in [-0.2, 0) is 4.74 Å². The summed E-state index contributed by atoms with van der Waals surface area (Å²) in [7, 11) is 0. The first kappa shape index (κ1) is 9.47. The van der Waals surface area contributed by atoms with Crippen molar-refractivity contribution in [1.29, 1.82) is 0 Å². The minimum absolute atomic E-state index is 0.0301. The van der Waals surface area contributed by atoms with Crippen LogP contribution in [-0.4, -0.2) is 24.3 Å². The van der Waals surface area contributed by atoms with Crippen molar-refractivity contribution in [3.63, 3.8) is 0 Å². The molecule has 1 aliphatic heterocycles. The fraction of sp³-hybridized carbons (Fsp3) is 1.00. The number of hydrogen-bond acceptors (Lipinski definition) is 2. The third kappa shape index (κ3) is 1.89. The molecule has 1 heterocycles. The van der Waals surface area contributed by atoms with Crippen molar-refractivity contribution in [2.75, 3.05) is 13.1 Å². The van der Waals surface area contributed by atoms with Crippen LogP contribution in [0.25, 0.3) is 0 Å². The predicted octanol–water partition coefficient (Wildman–Crippen LogP) is 1.94. The molecule has 1 saturated heterocycles. The van der Waals surface area contributed by atoms with E-state index in [-0.39, 0.29) is 11.2 Å². The van der Waals surface area contributed by atoms with Gasteiger partial charge in [0.15, 0.2) is 0 Å². The van der Waals surface area contributed by atoms with E-state index in [0.29, 0.717) is 0 Å². The Labute approximate surface area is 81.0 Å². The van der Waals surface area contributed by atoms with Gasteiger partial charge in [0.2, 0.25) is 0 Å². The predicted molar refractivity (Wildman–Crippen MR) is 53.8 cm³/mol. The van der Waals surface area contributed by atoms with Crippen molar-refractivity contribution in [2.24, 2.45) is 5.92 Å². The van der Waals surface area contributed by atoms with Crippen LogP contribution >= 0.6 is 0 Å². The monoisotopic (exact) mass is 183 g/mol. The van der Waals surface area contributed by atoms with Crippen LogP contribution in [0, 0.1) is 5.92 Å². The molecule has 76 valence electrons. The Bertz CT molecular complexity index is 198. The van der Waals surface area contributed by atoms with Gasteiger partial charge in [0, 0.05) is 13.1 Å². The van der Waals surface area contributed by atoms with E-state index in [1.54, 1.807) is 0 Å². The van der Waals surface area contributed by atoms with Crippen molar-refractivity contribution in [3.05, 3.63) is 0 Å². The summed E-state index contributed by atoms with van der Waals surface area (Å²) in [5.41, 5.74) is 0.198. The van der Waals surface area contributed by atoms with Crippen LogP contribution in [0.2, 0.25) is 0 Å². The first-order valence-corrected chi connectivity index (χ1v) is 5.42. The summed E-state index contributed by atoms with van der Waals surface area (Å²) in [6, 6.07) is 0. The highest BCUT2D eigenvalue weighted by Gasteiger charge is 2.44. The van der Waals surface area contributed by atoms with Gasteiger partial charge in [-0.15, -0.1) is 0 Å². The zero-order valence-corrected chi connectivity index (χ0v) is 9.02. The highest BCUT2D eigenvalue weighted by Crippen LogP contribution is 2.40. The molecule has 2 nitrogen and oxygen atoms in total. The molecular weight excluding hydrogens is 162 g/mol. The highest BCUT2D eigenvalue weighted by atomic mass is 16.5. The highest BCUT2D eigenvalue weighted by molar-refractivity contribution is 4.97. The molecule has 0 aromatic carbocycles. The van der Waals surface area contributed by atoms with Gasteiger partial charge in [-0.1, -0.05) is 6.92 Å². The Morgan fingerprint density at radius 2 is 2.08 bits per heavy atom. The van der Waals surface area contributed by atoms with Crippen molar-refractivity contribution < 1.29 is 4.74 Å². The van der Waals surface area contributed by atoms with E-state index in [9.17, 15) is 0 Å². The maximum Gasteiger partial charge on any atom is 0.0816 e. The SMILES string of the molecule is CC1CCC2(CNCC(C)(C)O2)C1. The molecule has 1 saturated carbocycles. The molecule has 2 heteroatoms. The second-order valence-electron chi connectivity index (χ2n) is 5.50. The van der Waals surface area contributed by atoms with E-state index >= 15 is 0 Å². The van der Waals surface area contributed by atoms with Crippen molar-refractivity contribution in [3.8, 4) is 0 Å². The number of hydrogen-bond donors (Lipinski definition) is 1. The van der Waals surface area contributed by atoms with Gasteiger partial charge in [-0.3, -0.25) is 0 Å². The van der Waals surface area contributed by atoms with Crippen molar-refractivity contribution in [1.82, 2.24) is 5.32 Å². The maximum absolute atomic E-state index is 6.23. The zero-order chi connectivity index (χ0) is 9.53. The number of morpholine rings is 1. The van der Waals surface area contributed by atoms with Crippen LogP contribution < -0.4 is 5.32 Å². The van der Waals surface area contributed by atoms with Crippen LogP contribution in [0.5, 0.6) is 0 Å². The average molecular weight is 183 g/mol. The molecule has 2 aliphatic rings. The summed E-state index contributed by atoms with van der Waals surface area (Å²) in [4.78, 5) is 0. The Morgan fingerprint density at radius 3 is 2.62 bits per heavy atom. The molecule has 2 rings (SSSR count). The minimum atomic E-state index is 0.0301. The fourth-order valence-electron chi connectivity index (χ4n) is 2.85. The van der Waals surface area contributed by atoms with E-state index in [1.807, 2.05) is 0 Å². The molecule has 0 bridgehead atoms. The lowest BCUT2D eigenvalue weighted by molar-refractivity contribution is -0.159. The lowest BCUT2D eigenvalue weighted by Gasteiger charge is -2.44. The van der Waals surface area contributed by atoms with Gasteiger partial charge in [-0.05, 0) is 39.0 Å². The van der Waals surface area contributed by atoms with E-state index in [2.05, 4.69) is 26.1 Å². The van der Waals surface area contributed by atoms with E-state index in [1.165, 1.54) is 19.3 Å². The quantitative estimate of drug-likeness (QED) is 0.619. The average Bonchev–Trinajstić information content (AvgIpc) is 2.29. The van der Waals surface area contributed by atoms with Gasteiger partial charge < -0.3 is 10.1 Å². The molecule has 0 radical (unpaired) electrons. The number of nitrogens with one attached hydrogen (secondary N) is 1. The molecular formula is C11H21NO. The molecule has 1 spiro atoms. The van der Waals surface area contributed by atoms with Gasteiger partial charge in [0.1, 0.15) is 0 Å². The normalized spacial score (nSPS) is 44.1. The number of rotatable bonds is 0. The molecule has 2 unspecified atom stereocenters. The molecule has 2 atom stereocenters. The first-order chi connectivity index (χ1) is 6.02. The first-order valence-electron chi connectivity index (χ1n) is 5.42. The Kier molecular flexibility index (Phi) is 2.16. The number of ether oxygens (including phenoxy) is 1. The Morgan fingerprint density at radius 1 is 1.31 bits per heavy atom. The lowest BCUT2D eigenvalue weighted by atomic mass is 9.95. The summed E-state index contributed by atoms with van der Waals surface area (Å²) in [6.45, 7) is 8.75. The molecule has 13 heavy (non-hydrogen) atoms. The fourth-order valence-corrected chi connectivity index (χ4v) is 2.85. The van der Waals surface area contributed by atoms with E-state index in [4.69, 9.17) is 4.74 Å². The largest absolute Gasteiger partial charge is 0.366 e. The van der Waals surface area contributed by atoms with Crippen molar-refractivity contribution in [2.45, 2.75) is 51.2 Å². The zero-order valence-electron chi connectivity index (χ0n) is 9.02. The molecule has 2 fully saturated rings. The topological polar surface area (TPSA) is 21.3 Å². The summed E-state index contributed by atoms with van der Waals surface area (Å²) < 4.78 is 6.23.